The highest BCUT2D eigenvalue weighted by Crippen LogP contribution is 2.38. The average Bonchev–Trinajstić information content (AvgIpc) is 3.58. The van der Waals surface area contributed by atoms with E-state index in [0.717, 1.165) is 11.3 Å². The Labute approximate surface area is 236 Å². The van der Waals surface area contributed by atoms with Crippen molar-refractivity contribution < 1.29 is 18.3 Å². The van der Waals surface area contributed by atoms with E-state index in [0.29, 0.717) is 36.3 Å². The topological polar surface area (TPSA) is 75.8 Å². The number of ether oxygens (including phenoxy) is 1. The lowest BCUT2D eigenvalue weighted by Gasteiger charge is -2.34. The summed E-state index contributed by atoms with van der Waals surface area (Å²) in [7, 11) is 1.23. The van der Waals surface area contributed by atoms with E-state index in [4.69, 9.17) is 14.7 Å². The highest BCUT2D eigenvalue weighted by Gasteiger charge is 2.44. The van der Waals surface area contributed by atoms with E-state index >= 15 is 4.39 Å². The quantitative estimate of drug-likeness (QED) is 0.295. The molecule has 0 saturated carbocycles. The molecule has 2 aromatic heterocycles. The molecule has 1 atom stereocenters. The predicted octanol–water partition coefficient (Wildman–Crippen LogP) is 5.62. The van der Waals surface area contributed by atoms with Crippen molar-refractivity contribution in [1.82, 2.24) is 19.4 Å². The highest BCUT2D eigenvalue weighted by molar-refractivity contribution is 6.18. The molecule has 0 aliphatic carbocycles. The minimum Gasteiger partial charge on any atom is -0.491 e. The first-order chi connectivity index (χ1) is 19.8. The number of carbonyl (C=O) groups is 1. The van der Waals surface area contributed by atoms with E-state index in [1.54, 1.807) is 15.7 Å². The largest absolute Gasteiger partial charge is 0.491 e. The zero-order chi connectivity index (χ0) is 28.8. The van der Waals surface area contributed by atoms with Crippen LogP contribution >= 0.6 is 0 Å². The Morgan fingerprint density at radius 1 is 1.05 bits per heavy atom. The molecule has 2 aromatic carbocycles. The first-order valence-electron chi connectivity index (χ1n) is 13.6. The molecule has 6 rings (SSSR count). The molecular formula is C31H30F2N6O2. The fourth-order valence-electron chi connectivity index (χ4n) is 5.38. The van der Waals surface area contributed by atoms with Gasteiger partial charge in [0.05, 0.1) is 31.9 Å². The third-order valence-corrected chi connectivity index (χ3v) is 7.62. The first kappa shape index (κ1) is 26.6. The number of aromatic nitrogens is 3. The number of nitrogens with zero attached hydrogens (tertiary/aromatic N) is 6. The second-order valence-electron chi connectivity index (χ2n) is 10.4. The second-order valence-corrected chi connectivity index (χ2v) is 10.4. The number of halogens is 2. The first-order valence-corrected chi connectivity index (χ1v) is 13.6. The van der Waals surface area contributed by atoms with Crippen LogP contribution in [0.5, 0.6) is 5.75 Å². The number of benzene rings is 2. The zero-order valence-electron chi connectivity index (χ0n) is 23.3. The molecule has 4 aromatic rings. The number of anilines is 1. The van der Waals surface area contributed by atoms with Crippen molar-refractivity contribution >= 4 is 17.7 Å². The molecule has 2 aliphatic heterocycles. The van der Waals surface area contributed by atoms with E-state index in [1.807, 2.05) is 54.3 Å². The predicted molar refractivity (Wildman–Crippen MR) is 153 cm³/mol. The maximum absolute atomic E-state index is 15.4. The third kappa shape index (κ3) is 4.43. The smallest absolute Gasteiger partial charge is 0.283 e. The van der Waals surface area contributed by atoms with Crippen molar-refractivity contribution in [1.29, 1.82) is 0 Å². The van der Waals surface area contributed by atoms with Gasteiger partial charge in [-0.2, -0.15) is 0 Å². The van der Waals surface area contributed by atoms with E-state index in [2.05, 4.69) is 18.8 Å². The monoisotopic (exact) mass is 556 g/mol. The molecule has 41 heavy (non-hydrogen) atoms. The molecule has 2 aliphatic rings. The van der Waals surface area contributed by atoms with E-state index < -0.39 is 17.4 Å². The lowest BCUT2D eigenvalue weighted by molar-refractivity contribution is 0.0841. The summed E-state index contributed by atoms with van der Waals surface area (Å²) in [4.78, 5) is 31.7. The number of aliphatic imine (C=N–C) groups is 1. The molecule has 10 heteroatoms. The van der Waals surface area contributed by atoms with Crippen LogP contribution in [-0.4, -0.2) is 57.5 Å². The SMILES string of the molecule is CCN1C(=O)c2nc(-c3ccc(-c4ccccc4)nc3)n(Cc3ccc(F)c(OC)c3F)c2N2C[C@@H](C(C)C)N=C12. The Hall–Kier alpha value is -4.60. The molecule has 0 fully saturated rings. The van der Waals surface area contributed by atoms with Gasteiger partial charge in [0.25, 0.3) is 5.91 Å². The standard InChI is InChI=1S/C31H30F2N6O2/c1-5-37-30(40)26-29(39-17-24(18(2)3)35-31(37)39)38(16-21-11-13-22(32)27(41-4)25(21)33)28(36-26)20-12-14-23(34-15-20)19-9-7-6-8-10-19/h6-15,18,24H,5,16-17H2,1-4H3/t24-/m0/s1. The van der Waals surface area contributed by atoms with Crippen molar-refractivity contribution in [3.8, 4) is 28.4 Å². The molecule has 4 heterocycles. The van der Waals surface area contributed by atoms with E-state index in [9.17, 15) is 9.18 Å². The van der Waals surface area contributed by atoms with Gasteiger partial charge in [0.15, 0.2) is 23.1 Å². The Morgan fingerprint density at radius 3 is 2.49 bits per heavy atom. The van der Waals surface area contributed by atoms with Crippen LogP contribution in [0.25, 0.3) is 22.6 Å². The Bertz CT molecular complexity index is 1650. The molecule has 0 radical (unpaired) electrons. The molecule has 0 N–H and O–H groups in total. The summed E-state index contributed by atoms with van der Waals surface area (Å²) in [5.41, 5.74) is 2.86. The molecule has 0 bridgehead atoms. The molecule has 0 unspecified atom stereocenters. The molecule has 8 nitrogen and oxygen atoms in total. The molecule has 0 saturated heterocycles. The lowest BCUT2D eigenvalue weighted by Crippen LogP contribution is -2.50. The van der Waals surface area contributed by atoms with Gasteiger partial charge in [-0.15, -0.1) is 0 Å². The zero-order valence-corrected chi connectivity index (χ0v) is 23.3. The van der Waals surface area contributed by atoms with Crippen molar-refractivity contribution in [2.24, 2.45) is 10.9 Å². The number of imidazole rings is 1. The summed E-state index contributed by atoms with van der Waals surface area (Å²) >= 11 is 0. The number of amides is 1. The number of hydrogen-bond donors (Lipinski definition) is 0. The van der Waals surface area contributed by atoms with E-state index in [1.165, 1.54) is 19.2 Å². The summed E-state index contributed by atoms with van der Waals surface area (Å²) in [5, 5.41) is 0. The molecular weight excluding hydrogens is 526 g/mol. The molecule has 210 valence electrons. The van der Waals surface area contributed by atoms with Crippen LogP contribution in [-0.2, 0) is 6.54 Å². The van der Waals surface area contributed by atoms with Crippen LogP contribution in [0.1, 0.15) is 36.8 Å². The van der Waals surface area contributed by atoms with Gasteiger partial charge in [0, 0.05) is 29.4 Å². The van der Waals surface area contributed by atoms with Crippen LogP contribution in [0.15, 0.2) is 65.8 Å². The van der Waals surface area contributed by atoms with Gasteiger partial charge in [0.1, 0.15) is 11.6 Å². The van der Waals surface area contributed by atoms with Crippen molar-refractivity contribution in [2.45, 2.75) is 33.4 Å². The number of guanidine groups is 1. The maximum Gasteiger partial charge on any atom is 0.283 e. The summed E-state index contributed by atoms with van der Waals surface area (Å²) in [6.45, 7) is 7.05. The normalized spacial score (nSPS) is 16.2. The van der Waals surface area contributed by atoms with Gasteiger partial charge in [-0.25, -0.2) is 18.8 Å². The van der Waals surface area contributed by atoms with Gasteiger partial charge in [-0.3, -0.25) is 19.6 Å². The van der Waals surface area contributed by atoms with Crippen LogP contribution in [0.3, 0.4) is 0 Å². The second kappa shape index (κ2) is 10.4. The maximum atomic E-state index is 15.4. The van der Waals surface area contributed by atoms with E-state index in [-0.39, 0.29) is 35.7 Å². The van der Waals surface area contributed by atoms with Crippen LogP contribution < -0.4 is 9.64 Å². The fraction of sp³-hybridized carbons (Fsp3) is 0.290. The summed E-state index contributed by atoms with van der Waals surface area (Å²) < 4.78 is 36.5. The number of pyridine rings is 1. The summed E-state index contributed by atoms with van der Waals surface area (Å²) in [6.07, 6.45) is 1.70. The van der Waals surface area contributed by atoms with Crippen LogP contribution in [0.4, 0.5) is 14.6 Å². The van der Waals surface area contributed by atoms with Gasteiger partial charge in [-0.1, -0.05) is 50.2 Å². The number of fused-ring (bicyclic) bond motifs is 3. The van der Waals surface area contributed by atoms with Crippen molar-refractivity contribution in [2.75, 3.05) is 25.1 Å². The van der Waals surface area contributed by atoms with Crippen LogP contribution in [0, 0.1) is 17.6 Å². The Balaban J connectivity index is 1.53. The average molecular weight is 557 g/mol. The van der Waals surface area contributed by atoms with Crippen molar-refractivity contribution in [3.63, 3.8) is 0 Å². The Morgan fingerprint density at radius 2 is 1.83 bits per heavy atom. The molecule has 1 amide bonds. The fourth-order valence-corrected chi connectivity index (χ4v) is 5.38. The highest BCUT2D eigenvalue weighted by atomic mass is 19.1. The van der Waals surface area contributed by atoms with Gasteiger partial charge < -0.3 is 9.30 Å². The number of rotatable bonds is 7. The van der Waals surface area contributed by atoms with Crippen LogP contribution in [0.2, 0.25) is 0 Å². The lowest BCUT2D eigenvalue weighted by atomic mass is 10.1. The molecule has 0 spiro atoms. The summed E-state index contributed by atoms with van der Waals surface area (Å²) in [6, 6.07) is 16.1. The van der Waals surface area contributed by atoms with Crippen molar-refractivity contribution in [3.05, 3.63) is 83.7 Å². The van der Waals surface area contributed by atoms with Gasteiger partial charge in [0.2, 0.25) is 5.96 Å². The number of hydrogen-bond acceptors (Lipinski definition) is 6. The minimum atomic E-state index is -0.800. The van der Waals surface area contributed by atoms with Gasteiger partial charge in [-0.05, 0) is 31.0 Å². The summed E-state index contributed by atoms with van der Waals surface area (Å²) in [5.74, 6) is -0.525. The van der Waals surface area contributed by atoms with Gasteiger partial charge >= 0.3 is 0 Å². The number of carbonyl (C=O) groups excluding carboxylic acids is 1. The Kier molecular flexibility index (Phi) is 6.76. The third-order valence-electron chi connectivity index (χ3n) is 7.62. The minimum absolute atomic E-state index is 0.0178. The number of methoxy groups -OCH3 is 1.